The van der Waals surface area contributed by atoms with Crippen molar-refractivity contribution in [3.8, 4) is 5.75 Å². The number of halogens is 1. The van der Waals surface area contributed by atoms with Gasteiger partial charge in [-0.05, 0) is 43.9 Å². The van der Waals surface area contributed by atoms with Crippen LogP contribution in [0.25, 0.3) is 0 Å². The lowest BCUT2D eigenvalue weighted by Gasteiger charge is -2.38. The number of hydrogen-bond acceptors (Lipinski definition) is 5. The van der Waals surface area contributed by atoms with Gasteiger partial charge in [0.1, 0.15) is 5.75 Å². The van der Waals surface area contributed by atoms with Crippen LogP contribution in [-0.4, -0.2) is 74.4 Å². The van der Waals surface area contributed by atoms with Gasteiger partial charge in [-0.15, -0.1) is 0 Å². The molecular weight excluding hydrogens is 408 g/mol. The topological polar surface area (TPSA) is 68.3 Å². The molecule has 4 rings (SSSR count). The second-order valence-electron chi connectivity index (χ2n) is 8.21. The van der Waals surface area contributed by atoms with E-state index in [0.717, 1.165) is 19.4 Å². The predicted molar refractivity (Wildman–Crippen MR) is 112 cm³/mol. The van der Waals surface area contributed by atoms with Crippen LogP contribution in [0.15, 0.2) is 18.2 Å². The van der Waals surface area contributed by atoms with E-state index in [1.165, 1.54) is 0 Å². The Balaban J connectivity index is 1.33. The molecule has 0 spiro atoms. The number of carbonyl (C=O) groups excluding carboxylic acids is 2. The number of carbonyl (C=O) groups is 2. The molecule has 3 aliphatic heterocycles. The summed E-state index contributed by atoms with van der Waals surface area (Å²) < 4.78 is 16.6. The van der Waals surface area contributed by atoms with Gasteiger partial charge in [-0.3, -0.25) is 9.59 Å². The normalized spacial score (nSPS) is 23.6. The molecule has 0 saturated carbocycles. The summed E-state index contributed by atoms with van der Waals surface area (Å²) in [5, 5.41) is 0.499. The standard InChI is InChI=1S/C22H29ClN2O5/c1-28-19-5-4-17(23)13-18(19)21(27)24-9-6-15(7-10-24)20(26)25-8-2-3-16(14-25)22-29-11-12-30-22/h4-5,13,15-16,22H,2-3,6-12,14H2,1H3. The first-order valence-electron chi connectivity index (χ1n) is 10.7. The summed E-state index contributed by atoms with van der Waals surface area (Å²) in [5.41, 5.74) is 0.463. The molecule has 30 heavy (non-hydrogen) atoms. The number of methoxy groups -OCH3 is 1. The number of hydrogen-bond donors (Lipinski definition) is 0. The van der Waals surface area contributed by atoms with Gasteiger partial charge in [0, 0.05) is 43.0 Å². The monoisotopic (exact) mass is 436 g/mol. The molecule has 0 aromatic heterocycles. The van der Waals surface area contributed by atoms with E-state index >= 15 is 0 Å². The highest BCUT2D eigenvalue weighted by Crippen LogP contribution is 2.29. The third kappa shape index (κ3) is 4.58. The minimum absolute atomic E-state index is 0.0422. The molecule has 164 valence electrons. The Morgan fingerprint density at radius 3 is 2.50 bits per heavy atom. The third-order valence-electron chi connectivity index (χ3n) is 6.33. The molecule has 3 heterocycles. The molecule has 7 nitrogen and oxygen atoms in total. The van der Waals surface area contributed by atoms with Crippen LogP contribution in [0.4, 0.5) is 0 Å². The number of piperidine rings is 2. The van der Waals surface area contributed by atoms with Crippen LogP contribution in [0.2, 0.25) is 5.02 Å². The van der Waals surface area contributed by atoms with E-state index in [4.69, 9.17) is 25.8 Å². The van der Waals surface area contributed by atoms with Crippen molar-refractivity contribution in [2.24, 2.45) is 11.8 Å². The quantitative estimate of drug-likeness (QED) is 0.726. The molecule has 8 heteroatoms. The zero-order valence-electron chi connectivity index (χ0n) is 17.3. The van der Waals surface area contributed by atoms with Crippen LogP contribution >= 0.6 is 11.6 Å². The molecule has 0 N–H and O–H groups in total. The summed E-state index contributed by atoms with van der Waals surface area (Å²) in [7, 11) is 1.54. The molecule has 0 aliphatic carbocycles. The van der Waals surface area contributed by atoms with Gasteiger partial charge in [-0.1, -0.05) is 11.6 Å². The van der Waals surface area contributed by atoms with Gasteiger partial charge in [0.15, 0.2) is 6.29 Å². The lowest BCUT2D eigenvalue weighted by atomic mass is 9.91. The number of amides is 2. The summed E-state index contributed by atoms with van der Waals surface area (Å²) in [5.74, 6) is 0.818. The Morgan fingerprint density at radius 1 is 1.07 bits per heavy atom. The van der Waals surface area contributed by atoms with Crippen molar-refractivity contribution in [2.75, 3.05) is 46.5 Å². The average molecular weight is 437 g/mol. The molecular formula is C22H29ClN2O5. The molecule has 2 amide bonds. The second-order valence-corrected chi connectivity index (χ2v) is 8.64. The number of nitrogens with zero attached hydrogens (tertiary/aromatic N) is 2. The molecule has 3 aliphatic rings. The molecule has 1 unspecified atom stereocenters. The number of benzene rings is 1. The van der Waals surface area contributed by atoms with Crippen molar-refractivity contribution >= 4 is 23.4 Å². The summed E-state index contributed by atoms with van der Waals surface area (Å²) in [4.78, 5) is 29.8. The lowest BCUT2D eigenvalue weighted by molar-refractivity contribution is -0.144. The van der Waals surface area contributed by atoms with E-state index in [1.54, 1.807) is 30.2 Å². The smallest absolute Gasteiger partial charge is 0.257 e. The first kappa shape index (κ1) is 21.4. The molecule has 1 aromatic rings. The molecule has 0 radical (unpaired) electrons. The highest BCUT2D eigenvalue weighted by molar-refractivity contribution is 6.31. The highest BCUT2D eigenvalue weighted by atomic mass is 35.5. The van der Waals surface area contributed by atoms with Gasteiger partial charge in [-0.2, -0.15) is 0 Å². The molecule has 3 saturated heterocycles. The first-order chi connectivity index (χ1) is 14.6. The zero-order chi connectivity index (χ0) is 21.1. The zero-order valence-corrected chi connectivity index (χ0v) is 18.1. The maximum absolute atomic E-state index is 13.1. The van der Waals surface area contributed by atoms with Gasteiger partial charge >= 0.3 is 0 Å². The Morgan fingerprint density at radius 2 is 1.80 bits per heavy atom. The summed E-state index contributed by atoms with van der Waals surface area (Å²) in [6, 6.07) is 5.05. The Labute approximate surface area is 182 Å². The summed E-state index contributed by atoms with van der Waals surface area (Å²) >= 11 is 6.07. The maximum atomic E-state index is 13.1. The van der Waals surface area contributed by atoms with Crippen molar-refractivity contribution in [2.45, 2.75) is 32.0 Å². The number of rotatable bonds is 4. The Hall–Kier alpha value is -1.83. The Bertz CT molecular complexity index is 775. The fourth-order valence-corrected chi connectivity index (χ4v) is 4.86. The maximum Gasteiger partial charge on any atom is 0.257 e. The van der Waals surface area contributed by atoms with Gasteiger partial charge in [0.05, 0.1) is 25.9 Å². The van der Waals surface area contributed by atoms with Crippen LogP contribution in [0.5, 0.6) is 5.75 Å². The van der Waals surface area contributed by atoms with Crippen LogP contribution < -0.4 is 4.74 Å². The van der Waals surface area contributed by atoms with E-state index in [1.807, 2.05) is 4.90 Å². The summed E-state index contributed by atoms with van der Waals surface area (Å²) in [6.45, 7) is 3.87. The van der Waals surface area contributed by atoms with Crippen molar-refractivity contribution in [3.63, 3.8) is 0 Å². The Kier molecular flexibility index (Phi) is 6.80. The van der Waals surface area contributed by atoms with E-state index < -0.39 is 0 Å². The molecule has 3 fully saturated rings. The van der Waals surface area contributed by atoms with Crippen LogP contribution in [0.1, 0.15) is 36.0 Å². The van der Waals surface area contributed by atoms with Crippen molar-refractivity contribution in [1.82, 2.24) is 9.80 Å². The second kappa shape index (κ2) is 9.54. The van der Waals surface area contributed by atoms with E-state index in [2.05, 4.69) is 0 Å². The van der Waals surface area contributed by atoms with Crippen molar-refractivity contribution in [3.05, 3.63) is 28.8 Å². The predicted octanol–water partition coefficient (Wildman–Crippen LogP) is 2.81. The van der Waals surface area contributed by atoms with Crippen LogP contribution in [0.3, 0.4) is 0 Å². The fraction of sp³-hybridized carbons (Fsp3) is 0.636. The first-order valence-corrected chi connectivity index (χ1v) is 11.1. The average Bonchev–Trinajstić information content (AvgIpc) is 3.33. The van der Waals surface area contributed by atoms with Crippen LogP contribution in [0, 0.1) is 11.8 Å². The van der Waals surface area contributed by atoms with Gasteiger partial charge in [0.2, 0.25) is 5.91 Å². The van der Waals surface area contributed by atoms with Gasteiger partial charge < -0.3 is 24.0 Å². The fourth-order valence-electron chi connectivity index (χ4n) is 4.69. The molecule has 1 atom stereocenters. The van der Waals surface area contributed by atoms with Gasteiger partial charge in [-0.25, -0.2) is 0 Å². The van der Waals surface area contributed by atoms with Crippen molar-refractivity contribution < 1.29 is 23.8 Å². The van der Waals surface area contributed by atoms with E-state index in [0.29, 0.717) is 62.0 Å². The van der Waals surface area contributed by atoms with E-state index in [9.17, 15) is 9.59 Å². The minimum Gasteiger partial charge on any atom is -0.496 e. The summed E-state index contributed by atoms with van der Waals surface area (Å²) in [6.07, 6.45) is 3.18. The number of ether oxygens (including phenoxy) is 3. The third-order valence-corrected chi connectivity index (χ3v) is 6.56. The van der Waals surface area contributed by atoms with Gasteiger partial charge in [0.25, 0.3) is 5.91 Å². The largest absolute Gasteiger partial charge is 0.496 e. The highest BCUT2D eigenvalue weighted by Gasteiger charge is 2.36. The molecule has 0 bridgehead atoms. The molecule has 1 aromatic carbocycles. The SMILES string of the molecule is COc1ccc(Cl)cc1C(=O)N1CCC(C(=O)N2CCCC(C3OCCO3)C2)CC1. The van der Waals surface area contributed by atoms with Crippen molar-refractivity contribution in [1.29, 1.82) is 0 Å². The number of likely N-dealkylation sites (tertiary alicyclic amines) is 2. The minimum atomic E-state index is -0.173. The van der Waals surface area contributed by atoms with E-state index in [-0.39, 0.29) is 29.9 Å². The lowest BCUT2D eigenvalue weighted by Crippen LogP contribution is -2.48. The van der Waals surface area contributed by atoms with Crippen LogP contribution in [-0.2, 0) is 14.3 Å².